The van der Waals surface area contributed by atoms with Crippen molar-refractivity contribution in [3.63, 3.8) is 0 Å². The molecule has 5 heteroatoms. The second-order valence-electron chi connectivity index (χ2n) is 5.00. The lowest BCUT2D eigenvalue weighted by Crippen LogP contribution is -1.95. The van der Waals surface area contributed by atoms with E-state index in [9.17, 15) is 4.79 Å². The van der Waals surface area contributed by atoms with E-state index in [2.05, 4.69) is 4.98 Å². The van der Waals surface area contributed by atoms with Crippen LogP contribution in [0.5, 0.6) is 5.75 Å². The fourth-order valence-electron chi connectivity index (χ4n) is 2.29. The summed E-state index contributed by atoms with van der Waals surface area (Å²) in [5, 5.41) is 0. The van der Waals surface area contributed by atoms with Crippen LogP contribution in [0.4, 0.5) is 0 Å². The van der Waals surface area contributed by atoms with Gasteiger partial charge in [-0.15, -0.1) is 11.3 Å². The van der Waals surface area contributed by atoms with Crippen LogP contribution in [0.15, 0.2) is 36.5 Å². The van der Waals surface area contributed by atoms with Gasteiger partial charge in [0.2, 0.25) is 0 Å². The number of nitrogens with zero attached hydrogens (tertiary/aromatic N) is 2. The average Bonchev–Trinajstić information content (AvgIpc) is 3.00. The minimum atomic E-state index is -0.0380. The van der Waals surface area contributed by atoms with E-state index in [4.69, 9.17) is 4.74 Å². The molecule has 0 atom stereocenters. The molecule has 0 radical (unpaired) electrons. The lowest BCUT2D eigenvalue weighted by molar-refractivity contribution is 0.104. The first kappa shape index (κ1) is 14.5. The highest BCUT2D eigenvalue weighted by Crippen LogP contribution is 2.21. The number of ether oxygens (including phenoxy) is 1. The van der Waals surface area contributed by atoms with Crippen LogP contribution in [0.2, 0.25) is 0 Å². The van der Waals surface area contributed by atoms with Crippen molar-refractivity contribution in [3.05, 3.63) is 58.4 Å². The Labute approximate surface area is 132 Å². The molecule has 0 saturated heterocycles. The van der Waals surface area contributed by atoms with Crippen molar-refractivity contribution in [1.82, 2.24) is 9.38 Å². The summed E-state index contributed by atoms with van der Waals surface area (Å²) < 4.78 is 7.12. The van der Waals surface area contributed by atoms with Crippen molar-refractivity contribution >= 4 is 28.2 Å². The molecule has 0 amide bonds. The zero-order chi connectivity index (χ0) is 15.7. The molecule has 2 aromatic heterocycles. The van der Waals surface area contributed by atoms with Gasteiger partial charge in [-0.2, -0.15) is 0 Å². The molecule has 2 heterocycles. The second kappa shape index (κ2) is 5.77. The van der Waals surface area contributed by atoms with Crippen LogP contribution in [0.3, 0.4) is 0 Å². The van der Waals surface area contributed by atoms with Gasteiger partial charge in [0.25, 0.3) is 0 Å². The monoisotopic (exact) mass is 312 g/mol. The molecule has 22 heavy (non-hydrogen) atoms. The molecular formula is C17H16N2O2S. The van der Waals surface area contributed by atoms with E-state index < -0.39 is 0 Å². The summed E-state index contributed by atoms with van der Waals surface area (Å²) in [4.78, 5) is 18.9. The number of imidazole rings is 1. The van der Waals surface area contributed by atoms with Gasteiger partial charge in [-0.25, -0.2) is 4.98 Å². The number of hydrogen-bond donors (Lipinski definition) is 0. The third-order valence-electron chi connectivity index (χ3n) is 3.43. The Bertz CT molecular complexity index is 857. The van der Waals surface area contributed by atoms with E-state index in [1.54, 1.807) is 48.8 Å². The van der Waals surface area contributed by atoms with Crippen LogP contribution >= 0.6 is 11.3 Å². The number of thiazole rings is 1. The number of hydrogen-bond acceptors (Lipinski definition) is 4. The van der Waals surface area contributed by atoms with Gasteiger partial charge >= 0.3 is 0 Å². The second-order valence-corrected chi connectivity index (χ2v) is 6.22. The Balaban J connectivity index is 1.88. The number of carbonyl (C=O) groups excluding carboxylic acids is 1. The Morgan fingerprint density at radius 1 is 1.27 bits per heavy atom. The summed E-state index contributed by atoms with van der Waals surface area (Å²) in [5.74, 6) is 0.701. The predicted octanol–water partition coefficient (Wildman–Crippen LogP) is 3.92. The SMILES string of the molecule is COc1ccc(C(=O)C=Cc2c(C)nc3sc(C)cn23)cc1. The normalized spacial score (nSPS) is 11.4. The van der Waals surface area contributed by atoms with Gasteiger partial charge in [-0.05, 0) is 50.3 Å². The standard InChI is InChI=1S/C17H16N2O2S/c1-11-10-19-15(12(2)18-17(19)22-11)8-9-16(20)13-4-6-14(21-3)7-5-13/h4-10H,1-3H3. The zero-order valence-electron chi connectivity index (χ0n) is 12.7. The molecule has 0 N–H and O–H groups in total. The minimum absolute atomic E-state index is 0.0380. The topological polar surface area (TPSA) is 43.6 Å². The smallest absolute Gasteiger partial charge is 0.194 e. The Kier molecular flexibility index (Phi) is 3.81. The molecular weight excluding hydrogens is 296 g/mol. The van der Waals surface area contributed by atoms with Crippen molar-refractivity contribution in [1.29, 1.82) is 0 Å². The third kappa shape index (κ3) is 2.67. The van der Waals surface area contributed by atoms with Gasteiger partial charge in [0.15, 0.2) is 10.7 Å². The molecule has 0 fully saturated rings. The van der Waals surface area contributed by atoms with E-state index in [1.165, 1.54) is 4.88 Å². The third-order valence-corrected chi connectivity index (χ3v) is 4.33. The van der Waals surface area contributed by atoms with E-state index in [0.29, 0.717) is 5.56 Å². The maximum atomic E-state index is 12.2. The first-order chi connectivity index (χ1) is 10.6. The molecule has 0 aliphatic heterocycles. The fraction of sp³-hybridized carbons (Fsp3) is 0.176. The molecule has 4 nitrogen and oxygen atoms in total. The molecule has 3 rings (SSSR count). The van der Waals surface area contributed by atoms with Gasteiger partial charge in [0, 0.05) is 16.6 Å². The van der Waals surface area contributed by atoms with Crippen molar-refractivity contribution in [2.24, 2.45) is 0 Å². The highest BCUT2D eigenvalue weighted by Gasteiger charge is 2.09. The first-order valence-electron chi connectivity index (χ1n) is 6.90. The maximum absolute atomic E-state index is 12.2. The Morgan fingerprint density at radius 2 is 2.00 bits per heavy atom. The number of aromatic nitrogens is 2. The molecule has 0 saturated carbocycles. The summed E-state index contributed by atoms with van der Waals surface area (Å²) in [7, 11) is 1.60. The fourth-order valence-corrected chi connectivity index (χ4v) is 3.17. The summed E-state index contributed by atoms with van der Waals surface area (Å²) in [6.07, 6.45) is 5.46. The van der Waals surface area contributed by atoms with Crippen molar-refractivity contribution in [2.45, 2.75) is 13.8 Å². The number of rotatable bonds is 4. The lowest BCUT2D eigenvalue weighted by atomic mass is 10.1. The van der Waals surface area contributed by atoms with Crippen LogP contribution in [-0.4, -0.2) is 22.3 Å². The van der Waals surface area contributed by atoms with Crippen molar-refractivity contribution in [3.8, 4) is 5.75 Å². The van der Waals surface area contributed by atoms with Crippen LogP contribution < -0.4 is 4.74 Å². The molecule has 1 aromatic carbocycles. The number of methoxy groups -OCH3 is 1. The Hall–Kier alpha value is -2.40. The van der Waals surface area contributed by atoms with E-state index >= 15 is 0 Å². The van der Waals surface area contributed by atoms with Crippen LogP contribution in [0.1, 0.15) is 26.6 Å². The Morgan fingerprint density at radius 3 is 2.68 bits per heavy atom. The molecule has 0 aliphatic rings. The molecule has 112 valence electrons. The first-order valence-corrected chi connectivity index (χ1v) is 7.71. The molecule has 0 unspecified atom stereocenters. The predicted molar refractivity (Wildman–Crippen MR) is 88.9 cm³/mol. The van der Waals surface area contributed by atoms with E-state index in [-0.39, 0.29) is 5.78 Å². The number of carbonyl (C=O) groups is 1. The van der Waals surface area contributed by atoms with Gasteiger partial charge in [-0.3, -0.25) is 9.20 Å². The van der Waals surface area contributed by atoms with Crippen LogP contribution in [0, 0.1) is 13.8 Å². The largest absolute Gasteiger partial charge is 0.497 e. The maximum Gasteiger partial charge on any atom is 0.194 e. The summed E-state index contributed by atoms with van der Waals surface area (Å²) >= 11 is 1.64. The number of benzene rings is 1. The van der Waals surface area contributed by atoms with Crippen molar-refractivity contribution in [2.75, 3.05) is 7.11 Å². The average molecular weight is 312 g/mol. The number of fused-ring (bicyclic) bond motifs is 1. The van der Waals surface area contributed by atoms with Crippen LogP contribution in [-0.2, 0) is 0 Å². The molecule has 0 spiro atoms. The molecule has 3 aromatic rings. The lowest BCUT2D eigenvalue weighted by Gasteiger charge is -2.00. The molecule has 0 aliphatic carbocycles. The van der Waals surface area contributed by atoms with Gasteiger partial charge < -0.3 is 4.74 Å². The summed E-state index contributed by atoms with van der Waals surface area (Å²) in [5.41, 5.74) is 2.50. The number of allylic oxidation sites excluding steroid dienone is 1. The molecule has 0 bridgehead atoms. The number of aryl methyl sites for hydroxylation is 2. The zero-order valence-corrected chi connectivity index (χ0v) is 13.5. The quantitative estimate of drug-likeness (QED) is 0.542. The van der Waals surface area contributed by atoms with Crippen LogP contribution in [0.25, 0.3) is 11.0 Å². The van der Waals surface area contributed by atoms with E-state index in [1.807, 2.05) is 30.5 Å². The summed E-state index contributed by atoms with van der Waals surface area (Å²) in [6, 6.07) is 7.09. The van der Waals surface area contributed by atoms with Gasteiger partial charge in [0.1, 0.15) is 5.75 Å². The van der Waals surface area contributed by atoms with Gasteiger partial charge in [-0.1, -0.05) is 0 Å². The van der Waals surface area contributed by atoms with Crippen molar-refractivity contribution < 1.29 is 9.53 Å². The minimum Gasteiger partial charge on any atom is -0.497 e. The highest BCUT2D eigenvalue weighted by atomic mass is 32.1. The van der Waals surface area contributed by atoms with Gasteiger partial charge in [0.05, 0.1) is 18.5 Å². The number of ketones is 1. The van der Waals surface area contributed by atoms with E-state index in [0.717, 1.165) is 22.1 Å². The highest BCUT2D eigenvalue weighted by molar-refractivity contribution is 7.17. The summed E-state index contributed by atoms with van der Waals surface area (Å²) in [6.45, 7) is 4.00.